The van der Waals surface area contributed by atoms with E-state index < -0.39 is 8.86 Å². The third kappa shape index (κ3) is 1.74. The van der Waals surface area contributed by atoms with Crippen molar-refractivity contribution < 1.29 is 9.11 Å². The van der Waals surface area contributed by atoms with E-state index in [-0.39, 0.29) is 0 Å². The van der Waals surface area contributed by atoms with E-state index in [9.17, 15) is 9.11 Å². The average Bonchev–Trinajstić information content (AvgIpc) is 2.50. The highest BCUT2D eigenvalue weighted by molar-refractivity contribution is 8.56. The molecule has 0 radical (unpaired) electrons. The van der Waals surface area contributed by atoms with Gasteiger partial charge in [-0.3, -0.25) is 8.86 Å². The summed E-state index contributed by atoms with van der Waals surface area (Å²) in [6.45, 7) is 0. The normalized spacial score (nSPS) is 26.5. The summed E-state index contributed by atoms with van der Waals surface area (Å²) in [5.41, 5.74) is 0. The van der Waals surface area contributed by atoms with Crippen molar-refractivity contribution >= 4 is 8.86 Å². The highest BCUT2D eigenvalue weighted by atomic mass is 32.4. The number of hydrogen-bond acceptors (Lipinski definition) is 2. The maximum absolute atomic E-state index is 11.9. The average molecular weight is 290 g/mol. The lowest BCUT2D eigenvalue weighted by Gasteiger charge is -2.80. The fourth-order valence-corrected chi connectivity index (χ4v) is 8.62. The third-order valence-corrected chi connectivity index (χ3v) is 10.6. The summed E-state index contributed by atoms with van der Waals surface area (Å²) in [5, 5.41) is 0. The standard InChI is InChI=1S/C17H22O2S/c18-20(19,14-8-3-9-15-20,16-10-4-1-5-11-16)17-12-6-2-7-13-17/h1-2,4-7,10-13,18-19H,3,8-9,14-15H2. The van der Waals surface area contributed by atoms with Crippen LogP contribution in [-0.4, -0.2) is 20.6 Å². The van der Waals surface area contributed by atoms with Crippen molar-refractivity contribution in [3.8, 4) is 0 Å². The molecule has 2 nitrogen and oxygen atoms in total. The first-order valence-corrected chi connectivity index (χ1v) is 9.87. The second-order valence-corrected chi connectivity index (χ2v) is 11.4. The fraction of sp³-hybridized carbons (Fsp3) is 0.294. The molecule has 0 bridgehead atoms. The largest absolute Gasteiger partial charge is 0.319 e. The second-order valence-electron chi connectivity index (χ2n) is 5.94. The van der Waals surface area contributed by atoms with Crippen molar-refractivity contribution in [3.63, 3.8) is 0 Å². The van der Waals surface area contributed by atoms with Crippen LogP contribution >= 0.6 is 8.86 Å². The van der Waals surface area contributed by atoms with Gasteiger partial charge in [0, 0.05) is 21.3 Å². The van der Waals surface area contributed by atoms with Gasteiger partial charge in [0.15, 0.2) is 0 Å². The van der Waals surface area contributed by atoms with Gasteiger partial charge < -0.3 is 9.11 Å². The molecule has 0 spiro atoms. The Bertz CT molecular complexity index is 564. The minimum absolute atomic E-state index is 0.452. The molecule has 0 unspecified atom stereocenters. The maximum atomic E-state index is 11.9. The van der Waals surface area contributed by atoms with Crippen LogP contribution in [0.1, 0.15) is 19.3 Å². The van der Waals surface area contributed by atoms with E-state index in [1.165, 1.54) is 0 Å². The van der Waals surface area contributed by atoms with Crippen LogP contribution in [0.4, 0.5) is 0 Å². The van der Waals surface area contributed by atoms with Gasteiger partial charge in [-0.25, -0.2) is 0 Å². The Balaban J connectivity index is 2.34. The third-order valence-electron chi connectivity index (χ3n) is 4.66. The number of hydrogen-bond donors (Lipinski definition) is 2. The van der Waals surface area contributed by atoms with E-state index in [4.69, 9.17) is 0 Å². The van der Waals surface area contributed by atoms with E-state index in [1.54, 1.807) is 0 Å². The zero-order valence-corrected chi connectivity index (χ0v) is 12.4. The summed E-state index contributed by atoms with van der Waals surface area (Å²) in [6.07, 6.45) is 2.79. The van der Waals surface area contributed by atoms with Gasteiger partial charge in [0.25, 0.3) is 0 Å². The molecule has 20 heavy (non-hydrogen) atoms. The molecular formula is C17H22O2S. The summed E-state index contributed by atoms with van der Waals surface area (Å²) in [7, 11) is -4.38. The van der Waals surface area contributed by atoms with E-state index in [1.807, 2.05) is 60.7 Å². The Morgan fingerprint density at radius 1 is 0.600 bits per heavy atom. The molecule has 0 aromatic heterocycles. The fourth-order valence-electron chi connectivity index (χ4n) is 3.45. The molecule has 0 saturated carbocycles. The lowest BCUT2D eigenvalue weighted by atomic mass is 10.3. The van der Waals surface area contributed by atoms with E-state index >= 15 is 0 Å². The van der Waals surface area contributed by atoms with Crippen molar-refractivity contribution in [1.29, 1.82) is 0 Å². The molecule has 3 rings (SSSR count). The van der Waals surface area contributed by atoms with Crippen LogP contribution in [0.15, 0.2) is 70.5 Å². The highest BCUT2D eigenvalue weighted by Gasteiger charge is 2.53. The molecule has 1 aliphatic heterocycles. The lowest BCUT2D eigenvalue weighted by molar-refractivity contribution is 0.402. The molecule has 1 heterocycles. The molecule has 1 saturated heterocycles. The smallest absolute Gasteiger partial charge is 0.0313 e. The molecule has 3 heteroatoms. The first kappa shape index (κ1) is 13.7. The van der Waals surface area contributed by atoms with Crippen LogP contribution in [0.3, 0.4) is 0 Å². The van der Waals surface area contributed by atoms with Crippen LogP contribution < -0.4 is 0 Å². The molecule has 0 aliphatic carbocycles. The van der Waals surface area contributed by atoms with E-state index in [2.05, 4.69) is 0 Å². The van der Waals surface area contributed by atoms with E-state index in [0.29, 0.717) is 21.3 Å². The van der Waals surface area contributed by atoms with Crippen molar-refractivity contribution in [3.05, 3.63) is 60.7 Å². The molecule has 108 valence electrons. The Labute approximate surface area is 119 Å². The predicted molar refractivity (Wildman–Crippen MR) is 85.8 cm³/mol. The monoisotopic (exact) mass is 290 g/mol. The van der Waals surface area contributed by atoms with Gasteiger partial charge in [-0.05, 0) is 37.1 Å². The van der Waals surface area contributed by atoms with Crippen LogP contribution in [-0.2, 0) is 0 Å². The Hall–Kier alpha value is -1.29. The first-order chi connectivity index (χ1) is 9.50. The van der Waals surface area contributed by atoms with Crippen molar-refractivity contribution in [2.45, 2.75) is 29.1 Å². The lowest BCUT2D eigenvalue weighted by Crippen LogP contribution is -2.44. The molecule has 0 amide bonds. The Morgan fingerprint density at radius 2 is 1.00 bits per heavy atom. The van der Waals surface area contributed by atoms with Gasteiger partial charge >= 0.3 is 0 Å². The zero-order chi connectivity index (χ0) is 14.2. The molecule has 2 N–H and O–H groups in total. The van der Waals surface area contributed by atoms with Gasteiger partial charge in [-0.15, -0.1) is 0 Å². The minimum atomic E-state index is -4.38. The van der Waals surface area contributed by atoms with Crippen molar-refractivity contribution in [1.82, 2.24) is 0 Å². The number of benzene rings is 2. The maximum Gasteiger partial charge on any atom is 0.0313 e. The van der Waals surface area contributed by atoms with Gasteiger partial charge in [-0.2, -0.15) is 0 Å². The first-order valence-electron chi connectivity index (χ1n) is 7.17. The summed E-state index contributed by atoms with van der Waals surface area (Å²) < 4.78 is 23.8. The van der Waals surface area contributed by atoms with Crippen LogP contribution in [0.5, 0.6) is 0 Å². The quantitative estimate of drug-likeness (QED) is 0.806. The van der Waals surface area contributed by atoms with Crippen LogP contribution in [0, 0.1) is 0 Å². The van der Waals surface area contributed by atoms with Crippen LogP contribution in [0.25, 0.3) is 0 Å². The SMILES string of the molecule is OS1(O)(c2ccccc2)(c2ccccc2)CCCCC1. The van der Waals surface area contributed by atoms with Gasteiger partial charge in [0.1, 0.15) is 0 Å². The molecule has 2 aromatic carbocycles. The summed E-state index contributed by atoms with van der Waals surface area (Å²) in [4.78, 5) is 1.39. The summed E-state index contributed by atoms with van der Waals surface area (Å²) >= 11 is 0. The van der Waals surface area contributed by atoms with Crippen LogP contribution in [0.2, 0.25) is 0 Å². The summed E-state index contributed by atoms with van der Waals surface area (Å²) in [5.74, 6) is 0.905. The minimum Gasteiger partial charge on any atom is -0.319 e. The molecule has 0 atom stereocenters. The van der Waals surface area contributed by atoms with Crippen molar-refractivity contribution in [2.24, 2.45) is 0 Å². The Kier molecular flexibility index (Phi) is 2.81. The predicted octanol–water partition coefficient (Wildman–Crippen LogP) is 5.11. The Morgan fingerprint density at radius 3 is 1.40 bits per heavy atom. The highest BCUT2D eigenvalue weighted by Crippen LogP contribution is 2.94. The van der Waals surface area contributed by atoms with Gasteiger partial charge in [0.2, 0.25) is 0 Å². The van der Waals surface area contributed by atoms with E-state index in [0.717, 1.165) is 19.3 Å². The zero-order valence-electron chi connectivity index (χ0n) is 11.6. The van der Waals surface area contributed by atoms with Gasteiger partial charge in [0.05, 0.1) is 0 Å². The summed E-state index contributed by atoms with van der Waals surface area (Å²) in [6, 6.07) is 18.9. The molecule has 1 aliphatic rings. The molecule has 1 fully saturated rings. The van der Waals surface area contributed by atoms with Gasteiger partial charge in [-0.1, -0.05) is 42.8 Å². The molecule has 2 aromatic rings. The molecular weight excluding hydrogens is 268 g/mol. The topological polar surface area (TPSA) is 40.5 Å². The second kappa shape index (κ2) is 4.10. The number of rotatable bonds is 2. The van der Waals surface area contributed by atoms with Crippen molar-refractivity contribution in [2.75, 3.05) is 11.5 Å².